The summed E-state index contributed by atoms with van der Waals surface area (Å²) in [5.74, 6) is -2.18. The number of halogens is 4. The zero-order valence-corrected chi connectivity index (χ0v) is 17.0. The molecule has 7 nitrogen and oxygen atoms in total. The van der Waals surface area contributed by atoms with Crippen molar-refractivity contribution in [2.75, 3.05) is 18.5 Å². The van der Waals surface area contributed by atoms with Crippen LogP contribution in [0.5, 0.6) is 0 Å². The molecule has 2 aromatic rings. The van der Waals surface area contributed by atoms with Gasteiger partial charge in [-0.2, -0.15) is 17.9 Å². The van der Waals surface area contributed by atoms with Gasteiger partial charge in [0.05, 0.1) is 21.2 Å². The van der Waals surface area contributed by atoms with Crippen LogP contribution in [-0.4, -0.2) is 33.4 Å². The Labute approximate surface area is 175 Å². The first-order valence-electron chi connectivity index (χ1n) is 8.27. The van der Waals surface area contributed by atoms with Crippen molar-refractivity contribution in [1.82, 2.24) is 4.72 Å². The molecular weight excluding hydrogens is 449 g/mol. The van der Waals surface area contributed by atoms with Gasteiger partial charge in [0.25, 0.3) is 5.91 Å². The number of sulfonamides is 1. The molecule has 0 saturated carbocycles. The Bertz CT molecular complexity index is 1040. The number of amides is 1. The van der Waals surface area contributed by atoms with Gasteiger partial charge in [-0.15, -0.1) is 0 Å². The summed E-state index contributed by atoms with van der Waals surface area (Å²) < 4.78 is 69.8. The number of esters is 1. The third kappa shape index (κ3) is 6.44. The quantitative estimate of drug-likeness (QED) is 0.613. The van der Waals surface area contributed by atoms with Crippen LogP contribution < -0.4 is 10.0 Å². The molecule has 2 rings (SSSR count). The molecule has 0 spiro atoms. The maximum Gasteiger partial charge on any atom is 0.418 e. The first-order valence-corrected chi connectivity index (χ1v) is 10.1. The molecule has 12 heteroatoms. The molecule has 0 fully saturated rings. The van der Waals surface area contributed by atoms with Crippen LogP contribution in [0.15, 0.2) is 47.4 Å². The van der Waals surface area contributed by atoms with E-state index in [1.807, 2.05) is 10.0 Å². The van der Waals surface area contributed by atoms with Gasteiger partial charge in [-0.05, 0) is 31.2 Å². The normalized spacial score (nSPS) is 11.8. The number of carbonyl (C=O) groups is 2. The van der Waals surface area contributed by atoms with Gasteiger partial charge in [0, 0.05) is 0 Å². The van der Waals surface area contributed by atoms with Crippen molar-refractivity contribution in [2.24, 2.45) is 0 Å². The van der Waals surface area contributed by atoms with Crippen molar-refractivity contribution >= 4 is 39.2 Å². The lowest BCUT2D eigenvalue weighted by Crippen LogP contribution is -2.32. The zero-order valence-electron chi connectivity index (χ0n) is 15.4. The predicted molar refractivity (Wildman–Crippen MR) is 102 cm³/mol. The van der Waals surface area contributed by atoms with Crippen LogP contribution in [-0.2, 0) is 30.5 Å². The monoisotopic (exact) mass is 464 g/mol. The van der Waals surface area contributed by atoms with Crippen molar-refractivity contribution < 1.29 is 35.9 Å². The molecule has 162 valence electrons. The second-order valence-corrected chi connectivity index (χ2v) is 8.18. The van der Waals surface area contributed by atoms with E-state index in [1.165, 1.54) is 12.1 Å². The molecule has 0 heterocycles. The number of rotatable bonds is 7. The van der Waals surface area contributed by atoms with Crippen molar-refractivity contribution in [3.8, 4) is 0 Å². The molecule has 0 unspecified atom stereocenters. The minimum atomic E-state index is -4.77. The topological polar surface area (TPSA) is 102 Å². The smallest absolute Gasteiger partial charge is 0.418 e. The molecule has 0 bridgehead atoms. The number of hydrogen-bond donors (Lipinski definition) is 2. The number of ether oxygens (including phenoxy) is 1. The minimum absolute atomic E-state index is 0.0722. The summed E-state index contributed by atoms with van der Waals surface area (Å²) in [6.45, 7) is 0.0591. The Hall–Kier alpha value is -2.63. The third-order valence-corrected chi connectivity index (χ3v) is 5.42. The summed E-state index contributed by atoms with van der Waals surface area (Å²) in [5, 5.41) is 1.59. The molecule has 0 atom stereocenters. The summed E-state index contributed by atoms with van der Waals surface area (Å²) in [7, 11) is -3.98. The number of nitrogens with one attached hydrogen (secondary N) is 2. The summed E-state index contributed by atoms with van der Waals surface area (Å²) >= 11 is 5.71. The molecule has 2 aromatic carbocycles. The highest BCUT2D eigenvalue weighted by Crippen LogP contribution is 2.38. The van der Waals surface area contributed by atoms with Gasteiger partial charge < -0.3 is 10.1 Å². The molecule has 0 saturated heterocycles. The molecule has 0 radical (unpaired) electrons. The number of anilines is 1. The Morgan fingerprint density at radius 1 is 1.10 bits per heavy atom. The van der Waals surface area contributed by atoms with Gasteiger partial charge in [0.1, 0.15) is 6.54 Å². The van der Waals surface area contributed by atoms with Crippen molar-refractivity contribution in [3.63, 3.8) is 0 Å². The van der Waals surface area contributed by atoms with E-state index >= 15 is 0 Å². The van der Waals surface area contributed by atoms with Crippen molar-refractivity contribution in [2.45, 2.75) is 18.0 Å². The van der Waals surface area contributed by atoms with Crippen molar-refractivity contribution in [3.05, 3.63) is 58.6 Å². The molecule has 2 N–H and O–H groups in total. The third-order valence-electron chi connectivity index (χ3n) is 3.69. The molecule has 30 heavy (non-hydrogen) atoms. The van der Waals surface area contributed by atoms with E-state index in [0.29, 0.717) is 0 Å². The Kier molecular flexibility index (Phi) is 7.45. The Morgan fingerprint density at radius 2 is 1.73 bits per heavy atom. The lowest BCUT2D eigenvalue weighted by Gasteiger charge is -2.15. The second-order valence-electron chi connectivity index (χ2n) is 6.01. The van der Waals surface area contributed by atoms with Gasteiger partial charge in [0.2, 0.25) is 10.0 Å². The van der Waals surface area contributed by atoms with E-state index in [4.69, 9.17) is 11.6 Å². The summed E-state index contributed by atoms with van der Waals surface area (Å²) in [5.41, 5.74) is -1.00. The first kappa shape index (κ1) is 23.6. The maximum atomic E-state index is 13.0. The summed E-state index contributed by atoms with van der Waals surface area (Å²) in [4.78, 5) is 23.5. The van der Waals surface area contributed by atoms with Crippen LogP contribution in [0, 0.1) is 6.92 Å². The van der Waals surface area contributed by atoms with E-state index in [-0.39, 0.29) is 9.92 Å². The zero-order chi connectivity index (χ0) is 22.5. The van der Waals surface area contributed by atoms with Crippen molar-refractivity contribution in [1.29, 1.82) is 0 Å². The Balaban J connectivity index is 1.91. The maximum absolute atomic E-state index is 13.0. The lowest BCUT2D eigenvalue weighted by molar-refractivity contribution is -0.146. The number of benzene rings is 2. The molecule has 0 aliphatic heterocycles. The summed E-state index contributed by atoms with van der Waals surface area (Å²) in [6.07, 6.45) is -4.77. The molecule has 0 aliphatic carbocycles. The standard InChI is InChI=1S/C18H16ClF3N2O5S/c1-11-5-7-12(8-6-11)30(27,28)23-9-16(26)29-10-15(25)24-17-13(18(20,21)22)3-2-4-14(17)19/h2-8,23H,9-10H2,1H3,(H,24,25). The molecule has 0 aromatic heterocycles. The average Bonchev–Trinajstić information content (AvgIpc) is 2.66. The van der Waals surface area contributed by atoms with E-state index in [9.17, 15) is 31.2 Å². The minimum Gasteiger partial charge on any atom is -0.455 e. The molecule has 0 aliphatic rings. The average molecular weight is 465 g/mol. The fourth-order valence-corrected chi connectivity index (χ4v) is 3.41. The van der Waals surface area contributed by atoms with Crippen LogP contribution in [0.4, 0.5) is 18.9 Å². The number of alkyl halides is 3. The number of hydrogen-bond acceptors (Lipinski definition) is 5. The number of para-hydroxylation sites is 1. The lowest BCUT2D eigenvalue weighted by atomic mass is 10.1. The largest absolute Gasteiger partial charge is 0.455 e. The van der Waals surface area contributed by atoms with E-state index < -0.39 is 52.5 Å². The van der Waals surface area contributed by atoms with Gasteiger partial charge in [-0.25, -0.2) is 8.42 Å². The van der Waals surface area contributed by atoms with Crippen LogP contribution >= 0.6 is 11.6 Å². The SMILES string of the molecule is Cc1ccc(S(=O)(=O)NCC(=O)OCC(=O)Nc2c(Cl)cccc2C(F)(F)F)cc1. The second kappa shape index (κ2) is 9.45. The highest BCUT2D eigenvalue weighted by molar-refractivity contribution is 7.89. The first-order chi connectivity index (χ1) is 13.9. The van der Waals surface area contributed by atoms with E-state index in [0.717, 1.165) is 23.8 Å². The van der Waals surface area contributed by atoms with Gasteiger partial charge >= 0.3 is 12.1 Å². The van der Waals surface area contributed by atoms with Crippen LogP contribution in [0.2, 0.25) is 5.02 Å². The fourth-order valence-electron chi connectivity index (χ4n) is 2.21. The highest BCUT2D eigenvalue weighted by Gasteiger charge is 2.34. The van der Waals surface area contributed by atoms with Crippen LogP contribution in [0.25, 0.3) is 0 Å². The molecule has 1 amide bonds. The van der Waals surface area contributed by atoms with Gasteiger partial charge in [-0.3, -0.25) is 9.59 Å². The van der Waals surface area contributed by atoms with Gasteiger partial charge in [0.15, 0.2) is 6.61 Å². The number of aryl methyl sites for hydroxylation is 1. The fraction of sp³-hybridized carbons (Fsp3) is 0.222. The summed E-state index contributed by atoms with van der Waals surface area (Å²) in [6, 6.07) is 8.78. The van der Waals surface area contributed by atoms with E-state index in [1.54, 1.807) is 19.1 Å². The van der Waals surface area contributed by atoms with E-state index in [2.05, 4.69) is 4.74 Å². The predicted octanol–water partition coefficient (Wildman–Crippen LogP) is 3.13. The van der Waals surface area contributed by atoms with Gasteiger partial charge in [-0.1, -0.05) is 35.4 Å². The Morgan fingerprint density at radius 3 is 2.33 bits per heavy atom. The number of carbonyl (C=O) groups excluding carboxylic acids is 2. The molecular formula is C18H16ClF3N2O5S. The van der Waals surface area contributed by atoms with Crippen LogP contribution in [0.3, 0.4) is 0 Å². The van der Waals surface area contributed by atoms with Crippen LogP contribution in [0.1, 0.15) is 11.1 Å². The highest BCUT2D eigenvalue weighted by atomic mass is 35.5.